The van der Waals surface area contributed by atoms with Crippen LogP contribution in [0.1, 0.15) is 48.2 Å². The number of hydrogen-bond acceptors (Lipinski definition) is 4. The third kappa shape index (κ3) is 2.82. The Labute approximate surface area is 170 Å². The van der Waals surface area contributed by atoms with Crippen molar-refractivity contribution in [3.8, 4) is 0 Å². The Morgan fingerprint density at radius 3 is 2.52 bits per heavy atom. The molecule has 2 aliphatic rings. The van der Waals surface area contributed by atoms with Gasteiger partial charge in [-0.1, -0.05) is 36.4 Å². The molecular weight excluding hydrogens is 368 g/mol. The van der Waals surface area contributed by atoms with Gasteiger partial charge in [-0.05, 0) is 44.0 Å². The highest BCUT2D eigenvalue weighted by Gasteiger charge is 2.62. The van der Waals surface area contributed by atoms with E-state index < -0.39 is 11.6 Å². The van der Waals surface area contributed by atoms with E-state index in [1.165, 1.54) is 9.80 Å². The SMILES string of the molecule is Cc1ccccc1COC(=O)C12CCC(=O)N1c1ccccc1C(=O)N2C(C)C. The molecule has 2 heterocycles. The normalized spacial score (nSPS) is 20.7. The summed E-state index contributed by atoms with van der Waals surface area (Å²) in [4.78, 5) is 42.7. The molecule has 0 bridgehead atoms. The molecule has 2 aromatic rings. The Balaban J connectivity index is 1.77. The summed E-state index contributed by atoms with van der Waals surface area (Å²) in [5.74, 6) is -0.999. The first-order valence-electron chi connectivity index (χ1n) is 9.85. The molecule has 1 unspecified atom stereocenters. The maximum atomic E-state index is 13.5. The molecule has 6 nitrogen and oxygen atoms in total. The summed E-state index contributed by atoms with van der Waals surface area (Å²) in [7, 11) is 0. The zero-order valence-electron chi connectivity index (χ0n) is 16.8. The standard InChI is InChI=1S/C23H24N2O4/c1-15(2)24-21(27)18-10-6-7-11-19(18)25-20(26)12-13-23(24,25)22(28)29-14-17-9-5-4-8-16(17)3/h4-11,15H,12-14H2,1-3H3. The number of anilines is 1. The first-order chi connectivity index (χ1) is 13.9. The van der Waals surface area contributed by atoms with Gasteiger partial charge < -0.3 is 9.64 Å². The first kappa shape index (κ1) is 19.2. The molecule has 2 amide bonds. The van der Waals surface area contributed by atoms with Crippen molar-refractivity contribution in [2.45, 2.75) is 51.9 Å². The lowest BCUT2D eigenvalue weighted by atomic mass is 9.95. The molecule has 2 aromatic carbocycles. The molecule has 0 aromatic heterocycles. The molecule has 1 fully saturated rings. The van der Waals surface area contributed by atoms with E-state index in [4.69, 9.17) is 4.74 Å². The van der Waals surface area contributed by atoms with Crippen molar-refractivity contribution in [1.29, 1.82) is 0 Å². The van der Waals surface area contributed by atoms with Crippen LogP contribution in [0.25, 0.3) is 0 Å². The number of benzene rings is 2. The first-order valence-corrected chi connectivity index (χ1v) is 9.85. The van der Waals surface area contributed by atoms with Crippen LogP contribution in [0.2, 0.25) is 0 Å². The summed E-state index contributed by atoms with van der Waals surface area (Å²) in [6, 6.07) is 14.3. The Hall–Kier alpha value is -3.15. The van der Waals surface area contributed by atoms with Crippen LogP contribution in [-0.2, 0) is 20.9 Å². The fourth-order valence-electron chi connectivity index (χ4n) is 4.40. The second kappa shape index (κ2) is 7.03. The second-order valence-electron chi connectivity index (χ2n) is 7.83. The Morgan fingerprint density at radius 2 is 1.79 bits per heavy atom. The predicted molar refractivity (Wildman–Crippen MR) is 108 cm³/mol. The smallest absolute Gasteiger partial charge is 0.354 e. The minimum atomic E-state index is -1.45. The molecular formula is C23H24N2O4. The van der Waals surface area contributed by atoms with Crippen LogP contribution >= 0.6 is 0 Å². The van der Waals surface area contributed by atoms with Crippen LogP contribution in [-0.4, -0.2) is 34.4 Å². The van der Waals surface area contributed by atoms with E-state index >= 15 is 0 Å². The number of carbonyl (C=O) groups is 3. The summed E-state index contributed by atoms with van der Waals surface area (Å²) in [6.45, 7) is 5.75. The lowest BCUT2D eigenvalue weighted by Crippen LogP contribution is -2.70. The molecule has 1 saturated heterocycles. The monoisotopic (exact) mass is 392 g/mol. The zero-order chi connectivity index (χ0) is 20.8. The molecule has 0 spiro atoms. The number of rotatable bonds is 4. The minimum Gasteiger partial charge on any atom is -0.458 e. The van der Waals surface area contributed by atoms with Gasteiger partial charge >= 0.3 is 5.97 Å². The number of hydrogen-bond donors (Lipinski definition) is 0. The fourth-order valence-corrected chi connectivity index (χ4v) is 4.40. The van der Waals surface area contributed by atoms with Gasteiger partial charge in [0.25, 0.3) is 5.91 Å². The van der Waals surface area contributed by atoms with Crippen molar-refractivity contribution in [1.82, 2.24) is 4.90 Å². The van der Waals surface area contributed by atoms with Gasteiger partial charge in [0.05, 0.1) is 11.3 Å². The third-order valence-corrected chi connectivity index (χ3v) is 5.76. The number of amides is 2. The molecule has 150 valence electrons. The molecule has 0 saturated carbocycles. The highest BCUT2D eigenvalue weighted by atomic mass is 16.5. The second-order valence-corrected chi connectivity index (χ2v) is 7.83. The molecule has 0 aliphatic carbocycles. The fraction of sp³-hybridized carbons (Fsp3) is 0.348. The third-order valence-electron chi connectivity index (χ3n) is 5.76. The Bertz CT molecular complexity index is 1000. The van der Waals surface area contributed by atoms with E-state index in [0.29, 0.717) is 11.3 Å². The van der Waals surface area contributed by atoms with Crippen LogP contribution in [0.5, 0.6) is 0 Å². The summed E-state index contributed by atoms with van der Waals surface area (Å²) >= 11 is 0. The summed E-state index contributed by atoms with van der Waals surface area (Å²) in [5.41, 5.74) is 1.37. The van der Waals surface area contributed by atoms with E-state index in [-0.39, 0.29) is 37.3 Å². The quantitative estimate of drug-likeness (QED) is 0.748. The number of para-hydroxylation sites is 1. The Kier molecular flexibility index (Phi) is 4.65. The van der Waals surface area contributed by atoms with Gasteiger partial charge in [0.15, 0.2) is 0 Å². The van der Waals surface area contributed by atoms with E-state index in [1.807, 2.05) is 45.0 Å². The van der Waals surface area contributed by atoms with Crippen molar-refractivity contribution in [3.63, 3.8) is 0 Å². The van der Waals surface area contributed by atoms with Crippen LogP contribution in [0.15, 0.2) is 48.5 Å². The van der Waals surface area contributed by atoms with Crippen molar-refractivity contribution < 1.29 is 19.1 Å². The number of aryl methyl sites for hydroxylation is 1. The lowest BCUT2D eigenvalue weighted by molar-refractivity contribution is -0.159. The van der Waals surface area contributed by atoms with Crippen LogP contribution < -0.4 is 4.90 Å². The average molecular weight is 392 g/mol. The summed E-state index contributed by atoms with van der Waals surface area (Å²) < 4.78 is 5.72. The van der Waals surface area contributed by atoms with E-state index in [1.54, 1.807) is 24.3 Å². The molecule has 2 aliphatic heterocycles. The topological polar surface area (TPSA) is 66.9 Å². The van der Waals surface area contributed by atoms with Gasteiger partial charge in [-0.25, -0.2) is 4.79 Å². The van der Waals surface area contributed by atoms with Crippen molar-refractivity contribution in [3.05, 3.63) is 65.2 Å². The van der Waals surface area contributed by atoms with Gasteiger partial charge in [-0.2, -0.15) is 0 Å². The Morgan fingerprint density at radius 1 is 1.10 bits per heavy atom. The zero-order valence-corrected chi connectivity index (χ0v) is 16.8. The van der Waals surface area contributed by atoms with Crippen molar-refractivity contribution >= 4 is 23.5 Å². The largest absolute Gasteiger partial charge is 0.458 e. The van der Waals surface area contributed by atoms with Gasteiger partial charge in [-0.3, -0.25) is 14.5 Å². The van der Waals surface area contributed by atoms with Gasteiger partial charge in [0.1, 0.15) is 6.61 Å². The molecule has 0 N–H and O–H groups in total. The van der Waals surface area contributed by atoms with Crippen molar-refractivity contribution in [2.75, 3.05) is 4.90 Å². The highest BCUT2D eigenvalue weighted by molar-refractivity contribution is 6.15. The van der Waals surface area contributed by atoms with E-state index in [2.05, 4.69) is 0 Å². The lowest BCUT2D eigenvalue weighted by Gasteiger charge is -2.50. The molecule has 6 heteroatoms. The number of ether oxygens (including phenoxy) is 1. The maximum absolute atomic E-state index is 13.5. The molecule has 0 radical (unpaired) electrons. The van der Waals surface area contributed by atoms with Gasteiger partial charge in [-0.15, -0.1) is 0 Å². The number of fused-ring (bicyclic) bond motifs is 3. The minimum absolute atomic E-state index is 0.0943. The predicted octanol–water partition coefficient (Wildman–Crippen LogP) is 3.43. The summed E-state index contributed by atoms with van der Waals surface area (Å²) in [6.07, 6.45) is 0.404. The number of esters is 1. The van der Waals surface area contributed by atoms with Crippen LogP contribution in [0, 0.1) is 6.92 Å². The van der Waals surface area contributed by atoms with Gasteiger partial charge in [0.2, 0.25) is 11.6 Å². The number of nitrogens with zero attached hydrogens (tertiary/aromatic N) is 2. The van der Waals surface area contributed by atoms with Crippen LogP contribution in [0.3, 0.4) is 0 Å². The summed E-state index contributed by atoms with van der Waals surface area (Å²) in [5, 5.41) is 0. The van der Waals surface area contributed by atoms with E-state index in [0.717, 1.165) is 11.1 Å². The highest BCUT2D eigenvalue weighted by Crippen LogP contribution is 2.46. The van der Waals surface area contributed by atoms with Gasteiger partial charge in [0, 0.05) is 18.9 Å². The van der Waals surface area contributed by atoms with Crippen LogP contribution in [0.4, 0.5) is 5.69 Å². The molecule has 4 rings (SSSR count). The number of carbonyl (C=O) groups excluding carboxylic acids is 3. The molecule has 1 atom stereocenters. The molecule has 29 heavy (non-hydrogen) atoms. The van der Waals surface area contributed by atoms with E-state index in [9.17, 15) is 14.4 Å². The average Bonchev–Trinajstić information content (AvgIpc) is 3.05. The maximum Gasteiger partial charge on any atom is 0.354 e. The van der Waals surface area contributed by atoms with Crippen molar-refractivity contribution in [2.24, 2.45) is 0 Å².